The number of carbonyl (C=O) groups excluding carboxylic acids is 1. The Hall–Kier alpha value is -1.31. The van der Waals surface area contributed by atoms with Gasteiger partial charge in [-0.25, -0.2) is 8.42 Å². The molecule has 0 aliphatic heterocycles. The maximum absolute atomic E-state index is 12.2. The minimum absolute atomic E-state index is 0.138. The molecule has 2 atom stereocenters. The van der Waals surface area contributed by atoms with Crippen molar-refractivity contribution in [1.82, 2.24) is 0 Å². The van der Waals surface area contributed by atoms with E-state index in [1.807, 2.05) is 0 Å². The van der Waals surface area contributed by atoms with E-state index < -0.39 is 10.0 Å². The molecule has 1 aliphatic rings. The fraction of sp³-hybridized carbons (Fsp3) is 0.462. The molecule has 1 aromatic rings. The number of anilines is 2. The summed E-state index contributed by atoms with van der Waals surface area (Å²) in [5.41, 5.74) is 6.61. The van der Waals surface area contributed by atoms with Crippen LogP contribution < -0.4 is 15.8 Å². The van der Waals surface area contributed by atoms with Gasteiger partial charge in [0.2, 0.25) is 15.9 Å². The molecule has 1 aliphatic carbocycles. The molecule has 0 radical (unpaired) electrons. The van der Waals surface area contributed by atoms with Gasteiger partial charge in [-0.1, -0.05) is 18.0 Å². The molecular formula is C13H18ClN3O3S. The number of hydrogen-bond acceptors (Lipinski definition) is 4. The molecule has 0 saturated heterocycles. The highest BCUT2D eigenvalue weighted by Gasteiger charge is 2.30. The second-order valence-corrected chi connectivity index (χ2v) is 7.42. The lowest BCUT2D eigenvalue weighted by molar-refractivity contribution is -0.120. The van der Waals surface area contributed by atoms with Gasteiger partial charge in [0, 0.05) is 6.04 Å². The summed E-state index contributed by atoms with van der Waals surface area (Å²) in [6.07, 6.45) is 3.58. The summed E-state index contributed by atoms with van der Waals surface area (Å²) >= 11 is 6.03. The molecule has 8 heteroatoms. The fourth-order valence-corrected chi connectivity index (χ4v) is 3.16. The van der Waals surface area contributed by atoms with E-state index in [1.165, 1.54) is 18.2 Å². The molecule has 1 amide bonds. The van der Waals surface area contributed by atoms with Crippen molar-refractivity contribution in [1.29, 1.82) is 0 Å². The Kier molecular flexibility index (Phi) is 4.75. The normalized spacial score (nSPS) is 22.0. The molecule has 1 aromatic carbocycles. The molecule has 6 nitrogen and oxygen atoms in total. The summed E-state index contributed by atoms with van der Waals surface area (Å²) in [6.45, 7) is 0. The van der Waals surface area contributed by atoms with Crippen molar-refractivity contribution < 1.29 is 13.2 Å². The van der Waals surface area contributed by atoms with E-state index in [9.17, 15) is 13.2 Å². The van der Waals surface area contributed by atoms with Crippen LogP contribution in [0.4, 0.5) is 11.4 Å². The van der Waals surface area contributed by atoms with Gasteiger partial charge in [0.15, 0.2) is 0 Å². The first kappa shape index (κ1) is 16.1. The number of rotatable bonds is 4. The van der Waals surface area contributed by atoms with E-state index in [2.05, 4.69) is 10.0 Å². The maximum atomic E-state index is 12.2. The van der Waals surface area contributed by atoms with Crippen LogP contribution >= 0.6 is 11.6 Å². The average Bonchev–Trinajstić information content (AvgIpc) is 2.78. The van der Waals surface area contributed by atoms with Crippen molar-refractivity contribution in [2.24, 2.45) is 11.7 Å². The fourth-order valence-electron chi connectivity index (χ4n) is 2.44. The van der Waals surface area contributed by atoms with Crippen LogP contribution in [-0.4, -0.2) is 26.6 Å². The van der Waals surface area contributed by atoms with Crippen LogP contribution in [0.1, 0.15) is 19.3 Å². The Balaban J connectivity index is 2.15. The number of halogens is 1. The van der Waals surface area contributed by atoms with Crippen LogP contribution in [-0.2, 0) is 14.8 Å². The Morgan fingerprint density at radius 2 is 2.10 bits per heavy atom. The highest BCUT2D eigenvalue weighted by atomic mass is 35.5. The standard InChI is InChI=1S/C13H18ClN3O3S/c1-21(19,20)17-8-5-6-10(14)12(7-8)16-13(18)9-3-2-4-11(9)15/h5-7,9,11,17H,2-4,15H2,1H3,(H,16,18). The van der Waals surface area contributed by atoms with Gasteiger partial charge < -0.3 is 11.1 Å². The van der Waals surface area contributed by atoms with Crippen LogP contribution in [0.2, 0.25) is 5.02 Å². The van der Waals surface area contributed by atoms with Crippen molar-refractivity contribution in [2.45, 2.75) is 25.3 Å². The Bertz CT molecular complexity index is 648. The Labute approximate surface area is 129 Å². The Morgan fingerprint density at radius 3 is 2.67 bits per heavy atom. The lowest BCUT2D eigenvalue weighted by Gasteiger charge is -2.16. The van der Waals surface area contributed by atoms with Gasteiger partial charge in [-0.3, -0.25) is 9.52 Å². The largest absolute Gasteiger partial charge is 0.327 e. The van der Waals surface area contributed by atoms with Crippen molar-refractivity contribution in [2.75, 3.05) is 16.3 Å². The first-order chi connectivity index (χ1) is 9.76. The van der Waals surface area contributed by atoms with Crippen LogP contribution in [0, 0.1) is 5.92 Å². The zero-order valence-electron chi connectivity index (χ0n) is 11.6. The van der Waals surface area contributed by atoms with Gasteiger partial charge in [0.25, 0.3) is 0 Å². The van der Waals surface area contributed by atoms with Crippen molar-refractivity contribution in [3.63, 3.8) is 0 Å². The van der Waals surface area contributed by atoms with Gasteiger partial charge in [0.1, 0.15) is 0 Å². The van der Waals surface area contributed by atoms with Crippen LogP contribution in [0.25, 0.3) is 0 Å². The van der Waals surface area contributed by atoms with Crippen LogP contribution in [0.3, 0.4) is 0 Å². The second kappa shape index (κ2) is 6.21. The smallest absolute Gasteiger partial charge is 0.229 e. The summed E-state index contributed by atoms with van der Waals surface area (Å²) in [4.78, 5) is 12.2. The minimum Gasteiger partial charge on any atom is -0.327 e. The molecule has 0 spiro atoms. The van der Waals surface area contributed by atoms with E-state index in [1.54, 1.807) is 0 Å². The van der Waals surface area contributed by atoms with Gasteiger partial charge >= 0.3 is 0 Å². The van der Waals surface area contributed by atoms with E-state index in [0.717, 1.165) is 25.5 Å². The molecular weight excluding hydrogens is 314 g/mol. The maximum Gasteiger partial charge on any atom is 0.229 e. The summed E-state index contributed by atoms with van der Waals surface area (Å²) in [5, 5.41) is 3.06. The number of carbonyl (C=O) groups is 1. The molecule has 4 N–H and O–H groups in total. The SMILES string of the molecule is CS(=O)(=O)Nc1ccc(Cl)c(NC(=O)C2CCCC2N)c1. The van der Waals surface area contributed by atoms with Gasteiger partial charge in [-0.05, 0) is 31.0 Å². The summed E-state index contributed by atoms with van der Waals surface area (Å²) < 4.78 is 24.8. The van der Waals surface area contributed by atoms with Gasteiger partial charge in [-0.2, -0.15) is 0 Å². The third kappa shape index (κ3) is 4.33. The average molecular weight is 332 g/mol. The summed E-state index contributed by atoms with van der Waals surface area (Å²) in [5.74, 6) is -0.411. The molecule has 0 aromatic heterocycles. The highest BCUT2D eigenvalue weighted by Crippen LogP contribution is 2.29. The summed E-state index contributed by atoms with van der Waals surface area (Å²) in [6, 6.07) is 4.41. The molecule has 116 valence electrons. The number of amides is 1. The van der Waals surface area contributed by atoms with Crippen LogP contribution in [0.15, 0.2) is 18.2 Å². The molecule has 2 unspecified atom stereocenters. The minimum atomic E-state index is -3.39. The van der Waals surface area contributed by atoms with Crippen LogP contribution in [0.5, 0.6) is 0 Å². The lowest BCUT2D eigenvalue weighted by atomic mass is 10.0. The van der Waals surface area contributed by atoms with Crippen molar-refractivity contribution in [3.05, 3.63) is 23.2 Å². The predicted molar refractivity (Wildman–Crippen MR) is 83.9 cm³/mol. The number of nitrogens with two attached hydrogens (primary N) is 1. The van der Waals surface area contributed by atoms with Crippen molar-refractivity contribution in [3.8, 4) is 0 Å². The predicted octanol–water partition coefficient (Wildman–Crippen LogP) is 1.78. The molecule has 1 saturated carbocycles. The van der Waals surface area contributed by atoms with E-state index in [-0.39, 0.29) is 17.9 Å². The highest BCUT2D eigenvalue weighted by molar-refractivity contribution is 7.92. The molecule has 0 heterocycles. The van der Waals surface area contributed by atoms with Crippen molar-refractivity contribution >= 4 is 38.9 Å². The summed E-state index contributed by atoms with van der Waals surface area (Å²) in [7, 11) is -3.39. The lowest BCUT2D eigenvalue weighted by Crippen LogP contribution is -2.34. The second-order valence-electron chi connectivity index (χ2n) is 5.26. The molecule has 0 bridgehead atoms. The molecule has 21 heavy (non-hydrogen) atoms. The zero-order chi connectivity index (χ0) is 15.6. The number of benzene rings is 1. The molecule has 1 fully saturated rings. The first-order valence-electron chi connectivity index (χ1n) is 6.60. The van der Waals surface area contributed by atoms with E-state index >= 15 is 0 Å². The third-order valence-corrected chi connectivity index (χ3v) is 4.37. The van der Waals surface area contributed by atoms with E-state index in [4.69, 9.17) is 17.3 Å². The van der Waals surface area contributed by atoms with E-state index in [0.29, 0.717) is 16.4 Å². The molecule has 2 rings (SSSR count). The first-order valence-corrected chi connectivity index (χ1v) is 8.87. The quantitative estimate of drug-likeness (QED) is 0.782. The Morgan fingerprint density at radius 1 is 1.38 bits per heavy atom. The monoisotopic (exact) mass is 331 g/mol. The number of hydrogen-bond donors (Lipinski definition) is 3. The number of sulfonamides is 1. The van der Waals surface area contributed by atoms with Gasteiger partial charge in [-0.15, -0.1) is 0 Å². The zero-order valence-corrected chi connectivity index (χ0v) is 13.2. The van der Waals surface area contributed by atoms with Gasteiger partial charge in [0.05, 0.1) is 28.6 Å². The topological polar surface area (TPSA) is 101 Å². The number of nitrogens with one attached hydrogen (secondary N) is 2. The third-order valence-electron chi connectivity index (χ3n) is 3.43.